The third kappa shape index (κ3) is 3.67. The normalized spacial score (nSPS) is 11.0. The zero-order valence-corrected chi connectivity index (χ0v) is 15.8. The van der Waals surface area contributed by atoms with Gasteiger partial charge in [-0.2, -0.15) is 5.10 Å². The molecule has 7 heteroatoms. The monoisotopic (exact) mass is 392 g/mol. The van der Waals surface area contributed by atoms with E-state index >= 15 is 0 Å². The van der Waals surface area contributed by atoms with E-state index in [0.717, 1.165) is 16.5 Å². The van der Waals surface area contributed by atoms with Gasteiger partial charge in [-0.05, 0) is 55.3 Å². The molecule has 0 fully saturated rings. The number of H-pyrrole nitrogens is 1. The molecule has 1 N–H and O–H groups in total. The van der Waals surface area contributed by atoms with Crippen molar-refractivity contribution in [2.24, 2.45) is 0 Å². The predicted molar refractivity (Wildman–Crippen MR) is 105 cm³/mol. The number of carbonyl (C=O) groups excluding carboxylic acids is 1. The van der Waals surface area contributed by atoms with Crippen LogP contribution in [0.5, 0.6) is 0 Å². The molecule has 0 amide bonds. The number of fused-ring (bicyclic) bond motifs is 1. The Labute approximate surface area is 164 Å². The van der Waals surface area contributed by atoms with E-state index in [2.05, 4.69) is 10.2 Å². The first-order valence-electron chi connectivity index (χ1n) is 8.94. The topological polar surface area (TPSA) is 85.2 Å². The van der Waals surface area contributed by atoms with Gasteiger partial charge in [-0.15, -0.1) is 0 Å². The van der Waals surface area contributed by atoms with Crippen LogP contribution >= 0.6 is 0 Å². The standard InChI is InChI=1S/C22H17FN2O4/c1-12-3-8-17-15(9-20(26)29-21(17)13(12)2)11-28-22(27)19-10-18(24-25-19)14-4-6-16(23)7-5-14/h3-10H,11H2,1-2H3,(H,24,25). The first-order chi connectivity index (χ1) is 13.9. The molecule has 0 unspecified atom stereocenters. The number of nitrogens with zero attached hydrogens (tertiary/aromatic N) is 1. The first kappa shape index (κ1) is 18.6. The van der Waals surface area contributed by atoms with Crippen LogP contribution in [0.2, 0.25) is 0 Å². The van der Waals surface area contributed by atoms with E-state index in [0.29, 0.717) is 22.4 Å². The van der Waals surface area contributed by atoms with Crippen molar-refractivity contribution >= 4 is 16.9 Å². The zero-order chi connectivity index (χ0) is 20.5. The maximum Gasteiger partial charge on any atom is 0.356 e. The molecular weight excluding hydrogens is 375 g/mol. The quantitative estimate of drug-likeness (QED) is 0.414. The minimum atomic E-state index is -0.615. The summed E-state index contributed by atoms with van der Waals surface area (Å²) in [5, 5.41) is 7.41. The summed E-state index contributed by atoms with van der Waals surface area (Å²) in [6.45, 7) is 3.71. The van der Waals surface area contributed by atoms with Gasteiger partial charge in [0.25, 0.3) is 0 Å². The number of aromatic nitrogens is 2. The van der Waals surface area contributed by atoms with Gasteiger partial charge in [0.05, 0.1) is 5.69 Å². The summed E-state index contributed by atoms with van der Waals surface area (Å²) in [5.41, 5.74) is 3.73. The lowest BCUT2D eigenvalue weighted by Crippen LogP contribution is -2.08. The van der Waals surface area contributed by atoms with Gasteiger partial charge in [-0.3, -0.25) is 5.10 Å². The van der Waals surface area contributed by atoms with Gasteiger partial charge in [-0.1, -0.05) is 12.1 Å². The van der Waals surface area contributed by atoms with E-state index in [-0.39, 0.29) is 18.1 Å². The molecule has 4 rings (SSSR count). The molecular formula is C22H17FN2O4. The van der Waals surface area contributed by atoms with E-state index in [1.807, 2.05) is 26.0 Å². The Balaban J connectivity index is 1.55. The minimum absolute atomic E-state index is 0.0890. The third-order valence-electron chi connectivity index (χ3n) is 4.81. The van der Waals surface area contributed by atoms with E-state index in [1.54, 1.807) is 12.1 Å². The SMILES string of the molecule is Cc1ccc2c(COC(=O)c3cc(-c4ccc(F)cc4)n[nH]3)cc(=O)oc2c1C. The number of ether oxygens (including phenoxy) is 1. The van der Waals surface area contributed by atoms with Gasteiger partial charge in [0, 0.05) is 22.6 Å². The Hall–Kier alpha value is -3.74. The largest absolute Gasteiger partial charge is 0.456 e. The number of rotatable bonds is 4. The Morgan fingerprint density at radius 2 is 1.90 bits per heavy atom. The molecule has 0 bridgehead atoms. The lowest BCUT2D eigenvalue weighted by molar-refractivity contribution is 0.0467. The van der Waals surface area contributed by atoms with Crippen LogP contribution in [0, 0.1) is 19.7 Å². The molecule has 0 aliphatic rings. The van der Waals surface area contributed by atoms with Crippen LogP contribution in [0.25, 0.3) is 22.2 Å². The summed E-state index contributed by atoms with van der Waals surface area (Å²) < 4.78 is 23.7. The third-order valence-corrected chi connectivity index (χ3v) is 4.81. The molecule has 146 valence electrons. The second-order valence-corrected chi connectivity index (χ2v) is 6.72. The smallest absolute Gasteiger partial charge is 0.356 e. The number of hydrogen-bond acceptors (Lipinski definition) is 5. The van der Waals surface area contributed by atoms with Crippen molar-refractivity contribution < 1.29 is 18.3 Å². The Bertz CT molecular complexity index is 1270. The second-order valence-electron chi connectivity index (χ2n) is 6.72. The zero-order valence-electron chi connectivity index (χ0n) is 15.8. The highest BCUT2D eigenvalue weighted by atomic mass is 19.1. The molecule has 0 saturated carbocycles. The summed E-state index contributed by atoms with van der Waals surface area (Å²) in [4.78, 5) is 24.3. The summed E-state index contributed by atoms with van der Waals surface area (Å²) >= 11 is 0. The summed E-state index contributed by atoms with van der Waals surface area (Å²) in [5.74, 6) is -0.968. The number of hydrogen-bond donors (Lipinski definition) is 1. The van der Waals surface area contributed by atoms with Crippen molar-refractivity contribution in [2.75, 3.05) is 0 Å². The fraction of sp³-hybridized carbons (Fsp3) is 0.136. The highest BCUT2D eigenvalue weighted by molar-refractivity contribution is 5.89. The van der Waals surface area contributed by atoms with Crippen LogP contribution < -0.4 is 5.63 Å². The highest BCUT2D eigenvalue weighted by Crippen LogP contribution is 2.24. The van der Waals surface area contributed by atoms with Crippen LogP contribution in [0.3, 0.4) is 0 Å². The fourth-order valence-electron chi connectivity index (χ4n) is 3.06. The van der Waals surface area contributed by atoms with Gasteiger partial charge >= 0.3 is 11.6 Å². The molecule has 29 heavy (non-hydrogen) atoms. The van der Waals surface area contributed by atoms with Crippen LogP contribution in [0.4, 0.5) is 4.39 Å². The van der Waals surface area contributed by atoms with Crippen LogP contribution in [-0.2, 0) is 11.3 Å². The predicted octanol–water partition coefficient (Wildman–Crippen LogP) is 4.30. The summed E-state index contributed by atoms with van der Waals surface area (Å²) in [6.07, 6.45) is 0. The molecule has 0 atom stereocenters. The fourth-order valence-corrected chi connectivity index (χ4v) is 3.06. The lowest BCUT2D eigenvalue weighted by Gasteiger charge is -2.09. The second kappa shape index (κ2) is 7.35. The number of aromatic amines is 1. The van der Waals surface area contributed by atoms with Gasteiger partial charge in [0.1, 0.15) is 23.7 Å². The van der Waals surface area contributed by atoms with Crippen molar-refractivity contribution in [2.45, 2.75) is 20.5 Å². The Kier molecular flexibility index (Phi) is 4.72. The molecule has 2 aromatic heterocycles. The maximum atomic E-state index is 13.1. The number of esters is 1. The van der Waals surface area contributed by atoms with Gasteiger partial charge in [0.2, 0.25) is 0 Å². The van der Waals surface area contributed by atoms with E-state index in [1.165, 1.54) is 24.3 Å². The van der Waals surface area contributed by atoms with Crippen LogP contribution in [-0.4, -0.2) is 16.2 Å². The van der Waals surface area contributed by atoms with Crippen LogP contribution in [0.15, 0.2) is 57.7 Å². The highest BCUT2D eigenvalue weighted by Gasteiger charge is 2.15. The Morgan fingerprint density at radius 1 is 1.14 bits per heavy atom. The number of carbonyl (C=O) groups is 1. The number of nitrogens with one attached hydrogen (secondary N) is 1. The minimum Gasteiger partial charge on any atom is -0.456 e. The summed E-state index contributed by atoms with van der Waals surface area (Å²) in [6, 6.07) is 12.4. The van der Waals surface area contributed by atoms with Crippen molar-refractivity contribution in [1.29, 1.82) is 0 Å². The molecule has 0 aliphatic heterocycles. The molecule has 6 nitrogen and oxygen atoms in total. The molecule has 2 heterocycles. The van der Waals surface area contributed by atoms with Gasteiger partial charge in [0.15, 0.2) is 0 Å². The average Bonchev–Trinajstić information content (AvgIpc) is 3.20. The van der Waals surface area contributed by atoms with E-state index in [9.17, 15) is 14.0 Å². The molecule has 4 aromatic rings. The molecule has 0 spiro atoms. The van der Waals surface area contributed by atoms with Crippen molar-refractivity contribution in [3.8, 4) is 11.3 Å². The number of aryl methyl sites for hydroxylation is 2. The number of halogens is 1. The summed E-state index contributed by atoms with van der Waals surface area (Å²) in [7, 11) is 0. The number of benzene rings is 2. The lowest BCUT2D eigenvalue weighted by atomic mass is 10.0. The van der Waals surface area contributed by atoms with Crippen molar-refractivity contribution in [3.05, 3.63) is 87.2 Å². The van der Waals surface area contributed by atoms with Gasteiger partial charge < -0.3 is 9.15 Å². The molecule has 0 saturated heterocycles. The van der Waals surface area contributed by atoms with Crippen molar-refractivity contribution in [1.82, 2.24) is 10.2 Å². The molecule has 2 aromatic carbocycles. The Morgan fingerprint density at radius 3 is 2.66 bits per heavy atom. The molecule has 0 aliphatic carbocycles. The average molecular weight is 392 g/mol. The van der Waals surface area contributed by atoms with Crippen LogP contribution in [0.1, 0.15) is 27.2 Å². The van der Waals surface area contributed by atoms with E-state index < -0.39 is 11.6 Å². The first-order valence-corrected chi connectivity index (χ1v) is 8.94. The molecule has 0 radical (unpaired) electrons. The van der Waals surface area contributed by atoms with Crippen molar-refractivity contribution in [3.63, 3.8) is 0 Å². The van der Waals surface area contributed by atoms with E-state index in [4.69, 9.17) is 9.15 Å². The maximum absolute atomic E-state index is 13.1. The van der Waals surface area contributed by atoms with Gasteiger partial charge in [-0.25, -0.2) is 14.0 Å².